The summed E-state index contributed by atoms with van der Waals surface area (Å²) in [6, 6.07) is 8.92. The van der Waals surface area contributed by atoms with E-state index in [0.717, 1.165) is 34.2 Å². The molecule has 0 aromatic heterocycles. The van der Waals surface area contributed by atoms with Crippen LogP contribution < -0.4 is 0 Å². The molecule has 3 N–H and O–H groups in total. The first kappa shape index (κ1) is 13.7. The monoisotopic (exact) mass is 282 g/mol. The quantitative estimate of drug-likeness (QED) is 0.759. The molecule has 2 aromatic rings. The van der Waals surface area contributed by atoms with E-state index in [1.165, 1.54) is 0 Å². The molecule has 108 valence electrons. The second-order valence-electron chi connectivity index (χ2n) is 5.50. The molecule has 1 atom stereocenters. The largest absolute Gasteiger partial charge is 0.508 e. The van der Waals surface area contributed by atoms with Crippen LogP contribution in [0.3, 0.4) is 0 Å². The van der Waals surface area contributed by atoms with Gasteiger partial charge in [-0.1, -0.05) is 18.2 Å². The summed E-state index contributed by atoms with van der Waals surface area (Å²) >= 11 is 0. The van der Waals surface area contributed by atoms with Crippen molar-refractivity contribution in [3.05, 3.63) is 59.7 Å². The third kappa shape index (κ3) is 2.41. The molecule has 1 aliphatic rings. The zero-order valence-corrected chi connectivity index (χ0v) is 11.7. The summed E-state index contributed by atoms with van der Waals surface area (Å²) in [4.78, 5) is 0. The Bertz CT molecular complexity index is 704. The molecule has 0 fully saturated rings. The lowest BCUT2D eigenvalue weighted by Crippen LogP contribution is -2.03. The minimum Gasteiger partial charge on any atom is -0.508 e. The smallest absolute Gasteiger partial charge is 0.123 e. The summed E-state index contributed by atoms with van der Waals surface area (Å²) in [6.45, 7) is 3.73. The number of aromatic hydroxyl groups is 2. The second-order valence-corrected chi connectivity index (χ2v) is 5.50. The first-order valence-corrected chi connectivity index (χ1v) is 7.05. The van der Waals surface area contributed by atoms with Crippen LogP contribution in [-0.2, 0) is 19.3 Å². The standard InChI is InChI=1S/C18H18O3/c1-2-3-11-4-6-17(20)15(8-11)13-5-7-18(21)16-10-12(19)9-14(13)16/h2,4-8,12,19-21H,1,3,9-10H2. The maximum Gasteiger partial charge on any atom is 0.123 e. The molecule has 2 aromatic carbocycles. The van der Waals surface area contributed by atoms with Crippen LogP contribution in [0, 0.1) is 0 Å². The number of aliphatic hydroxyl groups is 1. The van der Waals surface area contributed by atoms with E-state index >= 15 is 0 Å². The lowest BCUT2D eigenvalue weighted by atomic mass is 9.94. The third-order valence-corrected chi connectivity index (χ3v) is 4.02. The topological polar surface area (TPSA) is 60.7 Å². The van der Waals surface area contributed by atoms with E-state index in [9.17, 15) is 15.3 Å². The molecule has 3 nitrogen and oxygen atoms in total. The van der Waals surface area contributed by atoms with Crippen molar-refractivity contribution in [1.82, 2.24) is 0 Å². The van der Waals surface area contributed by atoms with Crippen LogP contribution in [-0.4, -0.2) is 21.4 Å². The van der Waals surface area contributed by atoms with Gasteiger partial charge in [-0.3, -0.25) is 0 Å². The molecule has 3 heteroatoms. The zero-order valence-electron chi connectivity index (χ0n) is 11.7. The van der Waals surface area contributed by atoms with Crippen molar-refractivity contribution in [2.45, 2.75) is 25.4 Å². The number of rotatable bonds is 3. The fraction of sp³-hybridized carbons (Fsp3) is 0.222. The average molecular weight is 282 g/mol. The lowest BCUT2D eigenvalue weighted by Gasteiger charge is -2.13. The molecule has 21 heavy (non-hydrogen) atoms. The summed E-state index contributed by atoms with van der Waals surface area (Å²) < 4.78 is 0. The number of allylic oxidation sites excluding steroid dienone is 1. The third-order valence-electron chi connectivity index (χ3n) is 4.02. The zero-order chi connectivity index (χ0) is 15.0. The molecule has 0 spiro atoms. The Labute approximate surface area is 123 Å². The average Bonchev–Trinajstić information content (AvgIpc) is 2.85. The van der Waals surface area contributed by atoms with Gasteiger partial charge in [-0.05, 0) is 47.7 Å². The van der Waals surface area contributed by atoms with Crippen molar-refractivity contribution in [3.8, 4) is 22.6 Å². The SMILES string of the molecule is C=CCc1ccc(O)c(-c2ccc(O)c3c2CC(O)C3)c1. The molecule has 0 bridgehead atoms. The van der Waals surface area contributed by atoms with Crippen molar-refractivity contribution in [2.24, 2.45) is 0 Å². The fourth-order valence-electron chi connectivity index (χ4n) is 3.03. The van der Waals surface area contributed by atoms with Crippen LogP contribution in [0.5, 0.6) is 11.5 Å². The van der Waals surface area contributed by atoms with Gasteiger partial charge in [0.1, 0.15) is 11.5 Å². The van der Waals surface area contributed by atoms with Gasteiger partial charge in [-0.15, -0.1) is 6.58 Å². The minimum atomic E-state index is -0.467. The van der Waals surface area contributed by atoms with Crippen molar-refractivity contribution in [1.29, 1.82) is 0 Å². The normalized spacial score (nSPS) is 16.7. The van der Waals surface area contributed by atoms with Crippen molar-refractivity contribution in [2.75, 3.05) is 0 Å². The lowest BCUT2D eigenvalue weighted by molar-refractivity contribution is 0.186. The van der Waals surface area contributed by atoms with Crippen LogP contribution in [0.4, 0.5) is 0 Å². The molecule has 3 rings (SSSR count). The number of fused-ring (bicyclic) bond motifs is 1. The molecule has 0 heterocycles. The molecule has 0 saturated heterocycles. The molecule has 0 amide bonds. The molecular formula is C18H18O3. The summed E-state index contributed by atoms with van der Waals surface area (Å²) in [6.07, 6.45) is 3.05. The Hall–Kier alpha value is -2.26. The van der Waals surface area contributed by atoms with E-state index in [4.69, 9.17) is 0 Å². The highest BCUT2D eigenvalue weighted by molar-refractivity contribution is 5.76. The van der Waals surface area contributed by atoms with Gasteiger partial charge >= 0.3 is 0 Å². The van der Waals surface area contributed by atoms with Crippen LogP contribution in [0.2, 0.25) is 0 Å². The summed E-state index contributed by atoms with van der Waals surface area (Å²) in [5.74, 6) is 0.420. The van der Waals surface area contributed by atoms with Gasteiger partial charge in [0.15, 0.2) is 0 Å². The molecule has 0 aliphatic heterocycles. The first-order valence-electron chi connectivity index (χ1n) is 7.05. The van der Waals surface area contributed by atoms with Crippen molar-refractivity contribution < 1.29 is 15.3 Å². The van der Waals surface area contributed by atoms with Gasteiger partial charge in [0, 0.05) is 17.5 Å². The molecule has 0 radical (unpaired) electrons. The van der Waals surface area contributed by atoms with Crippen molar-refractivity contribution >= 4 is 0 Å². The van der Waals surface area contributed by atoms with Crippen LogP contribution in [0.15, 0.2) is 43.0 Å². The van der Waals surface area contributed by atoms with Crippen LogP contribution in [0.25, 0.3) is 11.1 Å². The highest BCUT2D eigenvalue weighted by Crippen LogP contribution is 2.40. The first-order chi connectivity index (χ1) is 10.1. The summed E-state index contributed by atoms with van der Waals surface area (Å²) in [7, 11) is 0. The highest BCUT2D eigenvalue weighted by Gasteiger charge is 2.26. The van der Waals surface area contributed by atoms with Gasteiger partial charge in [0.25, 0.3) is 0 Å². The Kier molecular flexibility index (Phi) is 3.43. The van der Waals surface area contributed by atoms with Gasteiger partial charge in [0.05, 0.1) is 6.10 Å². The number of benzene rings is 2. The minimum absolute atomic E-state index is 0.206. The molecular weight excluding hydrogens is 264 g/mol. The predicted octanol–water partition coefficient (Wildman–Crippen LogP) is 2.95. The van der Waals surface area contributed by atoms with Crippen molar-refractivity contribution in [3.63, 3.8) is 0 Å². The summed E-state index contributed by atoms with van der Waals surface area (Å²) in [5, 5.41) is 30.0. The van der Waals surface area contributed by atoms with E-state index in [-0.39, 0.29) is 11.5 Å². The summed E-state index contributed by atoms with van der Waals surface area (Å²) in [5.41, 5.74) is 4.39. The Balaban J connectivity index is 2.16. The van der Waals surface area contributed by atoms with E-state index < -0.39 is 6.10 Å². The number of phenolic OH excluding ortho intramolecular Hbond substituents is 2. The Morgan fingerprint density at radius 2 is 1.71 bits per heavy atom. The van der Waals surface area contributed by atoms with Gasteiger partial charge < -0.3 is 15.3 Å². The molecule has 1 aliphatic carbocycles. The van der Waals surface area contributed by atoms with Gasteiger partial charge in [-0.2, -0.15) is 0 Å². The number of hydrogen-bond donors (Lipinski definition) is 3. The van der Waals surface area contributed by atoms with Crippen LogP contribution >= 0.6 is 0 Å². The van der Waals surface area contributed by atoms with Gasteiger partial charge in [0.2, 0.25) is 0 Å². The fourth-order valence-corrected chi connectivity index (χ4v) is 3.03. The van der Waals surface area contributed by atoms with E-state index in [1.807, 2.05) is 18.2 Å². The Morgan fingerprint density at radius 1 is 1.00 bits per heavy atom. The highest BCUT2D eigenvalue weighted by atomic mass is 16.3. The maximum atomic E-state index is 10.2. The number of hydrogen-bond acceptors (Lipinski definition) is 3. The predicted molar refractivity (Wildman–Crippen MR) is 82.5 cm³/mol. The Morgan fingerprint density at radius 3 is 2.48 bits per heavy atom. The second kappa shape index (κ2) is 5.26. The van der Waals surface area contributed by atoms with E-state index in [0.29, 0.717) is 12.8 Å². The van der Waals surface area contributed by atoms with Crippen LogP contribution in [0.1, 0.15) is 16.7 Å². The number of phenols is 2. The van der Waals surface area contributed by atoms with E-state index in [1.54, 1.807) is 18.2 Å². The number of aliphatic hydroxyl groups excluding tert-OH is 1. The van der Waals surface area contributed by atoms with E-state index in [2.05, 4.69) is 6.58 Å². The van der Waals surface area contributed by atoms with Gasteiger partial charge in [-0.25, -0.2) is 0 Å². The molecule has 0 saturated carbocycles. The maximum absolute atomic E-state index is 10.2. The molecule has 1 unspecified atom stereocenters.